The molecule has 0 bridgehead atoms. The number of hydrogen-bond donors (Lipinski definition) is 1. The number of hydrogen-bond acceptors (Lipinski definition) is 3. The average Bonchev–Trinajstić information content (AvgIpc) is 2.39. The highest BCUT2D eigenvalue weighted by Gasteiger charge is 2.03. The van der Waals surface area contributed by atoms with Crippen molar-refractivity contribution in [3.63, 3.8) is 0 Å². The zero-order valence-corrected chi connectivity index (χ0v) is 11.0. The van der Waals surface area contributed by atoms with Gasteiger partial charge in [0.05, 0.1) is 11.2 Å². The van der Waals surface area contributed by atoms with Crippen molar-refractivity contribution < 1.29 is 0 Å². The lowest BCUT2D eigenvalue weighted by Gasteiger charge is -2.09. The topological polar surface area (TPSA) is 37.8 Å². The fourth-order valence-corrected chi connectivity index (χ4v) is 2.10. The lowest BCUT2D eigenvalue weighted by molar-refractivity contribution is 1.20. The Hall–Kier alpha value is -2.42. The van der Waals surface area contributed by atoms with E-state index in [1.165, 1.54) is 0 Å². The Morgan fingerprint density at radius 1 is 0.789 bits per heavy atom. The standard InChI is InChI=1S/C16H15N3/c1-11-5-3-8-15(17-11)19-14-7-4-6-13-10-9-12(2)18-16(13)14/h3-10H,1-2H3,(H,17,19). The Morgan fingerprint density at radius 2 is 1.58 bits per heavy atom. The molecule has 1 N–H and O–H groups in total. The predicted octanol–water partition coefficient (Wildman–Crippen LogP) is 3.99. The summed E-state index contributed by atoms with van der Waals surface area (Å²) < 4.78 is 0. The minimum atomic E-state index is 0.843. The third kappa shape index (κ3) is 2.40. The quantitative estimate of drug-likeness (QED) is 0.746. The fourth-order valence-electron chi connectivity index (χ4n) is 2.10. The van der Waals surface area contributed by atoms with Crippen LogP contribution in [0, 0.1) is 13.8 Å². The Morgan fingerprint density at radius 3 is 2.42 bits per heavy atom. The summed E-state index contributed by atoms with van der Waals surface area (Å²) in [6, 6.07) is 16.2. The zero-order chi connectivity index (χ0) is 13.2. The van der Waals surface area contributed by atoms with Crippen molar-refractivity contribution in [2.24, 2.45) is 0 Å². The molecule has 0 aliphatic heterocycles. The van der Waals surface area contributed by atoms with Gasteiger partial charge in [0, 0.05) is 16.8 Å². The van der Waals surface area contributed by atoms with Gasteiger partial charge in [-0.1, -0.05) is 24.3 Å². The number of rotatable bonds is 2. The third-order valence-electron chi connectivity index (χ3n) is 3.01. The van der Waals surface area contributed by atoms with Gasteiger partial charge < -0.3 is 5.32 Å². The summed E-state index contributed by atoms with van der Waals surface area (Å²) in [5.74, 6) is 0.843. The molecule has 3 nitrogen and oxygen atoms in total. The number of benzene rings is 1. The first kappa shape index (κ1) is 11.7. The minimum absolute atomic E-state index is 0.843. The number of aromatic nitrogens is 2. The van der Waals surface area contributed by atoms with Crippen LogP contribution >= 0.6 is 0 Å². The zero-order valence-electron chi connectivity index (χ0n) is 11.0. The van der Waals surface area contributed by atoms with E-state index in [4.69, 9.17) is 0 Å². The van der Waals surface area contributed by atoms with E-state index < -0.39 is 0 Å². The van der Waals surface area contributed by atoms with E-state index in [0.29, 0.717) is 0 Å². The number of pyridine rings is 2. The second kappa shape index (κ2) is 4.69. The van der Waals surface area contributed by atoms with E-state index in [2.05, 4.69) is 27.4 Å². The molecule has 0 unspecified atom stereocenters. The van der Waals surface area contributed by atoms with Crippen molar-refractivity contribution in [3.8, 4) is 0 Å². The Labute approximate surface area is 112 Å². The first-order chi connectivity index (χ1) is 9.22. The molecule has 0 spiro atoms. The molecule has 0 saturated carbocycles. The maximum absolute atomic E-state index is 4.60. The summed E-state index contributed by atoms with van der Waals surface area (Å²) in [4.78, 5) is 9.06. The molecule has 0 atom stereocenters. The first-order valence-electron chi connectivity index (χ1n) is 6.29. The van der Waals surface area contributed by atoms with E-state index in [1.54, 1.807) is 0 Å². The van der Waals surface area contributed by atoms with Crippen LogP contribution in [0.1, 0.15) is 11.4 Å². The van der Waals surface area contributed by atoms with Gasteiger partial charge in [-0.05, 0) is 38.1 Å². The maximum Gasteiger partial charge on any atom is 0.130 e. The van der Waals surface area contributed by atoms with E-state index in [1.807, 2.05) is 50.2 Å². The number of anilines is 2. The summed E-state index contributed by atoms with van der Waals surface area (Å²) in [6.07, 6.45) is 0. The SMILES string of the molecule is Cc1cccc(Nc2cccc3ccc(C)nc23)n1. The van der Waals surface area contributed by atoms with Crippen molar-refractivity contribution >= 4 is 22.4 Å². The van der Waals surface area contributed by atoms with Crippen molar-refractivity contribution in [2.75, 3.05) is 5.32 Å². The number of nitrogens with zero attached hydrogens (tertiary/aromatic N) is 2. The van der Waals surface area contributed by atoms with Gasteiger partial charge in [0.25, 0.3) is 0 Å². The molecule has 1 aromatic carbocycles. The molecule has 3 heteroatoms. The van der Waals surface area contributed by atoms with Gasteiger partial charge in [0.1, 0.15) is 5.82 Å². The van der Waals surface area contributed by atoms with Crippen LogP contribution in [0.3, 0.4) is 0 Å². The normalized spacial score (nSPS) is 10.6. The number of fused-ring (bicyclic) bond motifs is 1. The van der Waals surface area contributed by atoms with Crippen LogP contribution in [0.5, 0.6) is 0 Å². The van der Waals surface area contributed by atoms with Crippen LogP contribution in [0.25, 0.3) is 10.9 Å². The van der Waals surface area contributed by atoms with E-state index in [-0.39, 0.29) is 0 Å². The second-order valence-electron chi connectivity index (χ2n) is 4.62. The van der Waals surface area contributed by atoms with E-state index >= 15 is 0 Å². The van der Waals surface area contributed by atoms with Gasteiger partial charge in [-0.15, -0.1) is 0 Å². The van der Waals surface area contributed by atoms with Crippen LogP contribution in [-0.2, 0) is 0 Å². The molecule has 0 radical (unpaired) electrons. The molecule has 2 heterocycles. The highest BCUT2D eigenvalue weighted by atomic mass is 15.0. The number of para-hydroxylation sites is 1. The summed E-state index contributed by atoms with van der Waals surface area (Å²) in [7, 11) is 0. The monoisotopic (exact) mass is 249 g/mol. The lowest BCUT2D eigenvalue weighted by Crippen LogP contribution is -1.96. The smallest absolute Gasteiger partial charge is 0.130 e. The van der Waals surface area contributed by atoms with Gasteiger partial charge >= 0.3 is 0 Å². The highest BCUT2D eigenvalue weighted by Crippen LogP contribution is 2.24. The van der Waals surface area contributed by atoms with Crippen molar-refractivity contribution in [3.05, 3.63) is 59.9 Å². The third-order valence-corrected chi connectivity index (χ3v) is 3.01. The molecule has 94 valence electrons. The van der Waals surface area contributed by atoms with Crippen LogP contribution in [0.2, 0.25) is 0 Å². The molecular formula is C16H15N3. The van der Waals surface area contributed by atoms with Gasteiger partial charge in [0.2, 0.25) is 0 Å². The van der Waals surface area contributed by atoms with Crippen LogP contribution in [0.4, 0.5) is 11.5 Å². The second-order valence-corrected chi connectivity index (χ2v) is 4.62. The van der Waals surface area contributed by atoms with Crippen molar-refractivity contribution in [1.29, 1.82) is 0 Å². The van der Waals surface area contributed by atoms with Gasteiger partial charge in [-0.25, -0.2) is 4.98 Å². The summed E-state index contributed by atoms with van der Waals surface area (Å²) in [5.41, 5.74) is 3.97. The molecule has 2 aromatic heterocycles. The molecule has 3 rings (SSSR count). The van der Waals surface area contributed by atoms with Crippen molar-refractivity contribution in [2.45, 2.75) is 13.8 Å². The molecular weight excluding hydrogens is 234 g/mol. The maximum atomic E-state index is 4.60. The summed E-state index contributed by atoms with van der Waals surface area (Å²) in [5, 5.41) is 4.47. The largest absolute Gasteiger partial charge is 0.338 e. The number of aryl methyl sites for hydroxylation is 2. The van der Waals surface area contributed by atoms with Crippen LogP contribution < -0.4 is 5.32 Å². The Bertz CT molecular complexity index is 735. The summed E-state index contributed by atoms with van der Waals surface area (Å²) in [6.45, 7) is 3.98. The number of nitrogens with one attached hydrogen (secondary N) is 1. The van der Waals surface area contributed by atoms with Crippen LogP contribution in [0.15, 0.2) is 48.5 Å². The predicted molar refractivity (Wildman–Crippen MR) is 78.7 cm³/mol. The highest BCUT2D eigenvalue weighted by molar-refractivity contribution is 5.91. The van der Waals surface area contributed by atoms with E-state index in [0.717, 1.165) is 33.8 Å². The molecule has 0 aliphatic carbocycles. The Kier molecular flexibility index (Phi) is 2.88. The average molecular weight is 249 g/mol. The Balaban J connectivity index is 2.07. The molecule has 0 aliphatic rings. The van der Waals surface area contributed by atoms with Crippen molar-refractivity contribution in [1.82, 2.24) is 9.97 Å². The summed E-state index contributed by atoms with van der Waals surface area (Å²) >= 11 is 0. The van der Waals surface area contributed by atoms with E-state index in [9.17, 15) is 0 Å². The lowest BCUT2D eigenvalue weighted by atomic mass is 10.1. The van der Waals surface area contributed by atoms with Gasteiger partial charge in [-0.3, -0.25) is 4.98 Å². The molecule has 0 saturated heterocycles. The first-order valence-corrected chi connectivity index (χ1v) is 6.29. The molecule has 0 fully saturated rings. The minimum Gasteiger partial charge on any atom is -0.338 e. The fraction of sp³-hybridized carbons (Fsp3) is 0.125. The van der Waals surface area contributed by atoms with Gasteiger partial charge in [-0.2, -0.15) is 0 Å². The molecule has 0 amide bonds. The van der Waals surface area contributed by atoms with Crippen LogP contribution in [-0.4, -0.2) is 9.97 Å². The molecule has 19 heavy (non-hydrogen) atoms. The molecule has 3 aromatic rings. The van der Waals surface area contributed by atoms with Gasteiger partial charge in [0.15, 0.2) is 0 Å².